The van der Waals surface area contributed by atoms with Crippen LogP contribution in [0.25, 0.3) is 0 Å². The van der Waals surface area contributed by atoms with Gasteiger partial charge in [0.1, 0.15) is 0 Å². The normalized spacial score (nSPS) is 23.4. The Balaban J connectivity index is 2.68. The predicted molar refractivity (Wildman–Crippen MR) is 77.5 cm³/mol. The molecule has 0 radical (unpaired) electrons. The summed E-state index contributed by atoms with van der Waals surface area (Å²) in [4.78, 5) is 11.6. The number of esters is 1. The first-order chi connectivity index (χ1) is 9.62. The Bertz CT molecular complexity index is 570. The standard InChI is InChI=1S/C11H22N2O6S2/c1-13(2)20(15,16)8-7-12-21(17,18)10-6-4-5-9(10)11(14)19-3/h9-10,12H,4-8H2,1-3H3. The predicted octanol–water partition coefficient (Wildman–Crippen LogP) is -0.861. The summed E-state index contributed by atoms with van der Waals surface area (Å²) in [6.07, 6.45) is 1.46. The van der Waals surface area contributed by atoms with Gasteiger partial charge in [-0.25, -0.2) is 25.9 Å². The average Bonchev–Trinajstić information content (AvgIpc) is 2.87. The maximum absolute atomic E-state index is 12.2. The van der Waals surface area contributed by atoms with Crippen LogP contribution in [0, 0.1) is 5.92 Å². The molecule has 1 rings (SSSR count). The largest absolute Gasteiger partial charge is 0.469 e. The number of carbonyl (C=O) groups excluding carboxylic acids is 1. The highest BCUT2D eigenvalue weighted by molar-refractivity contribution is 7.90. The van der Waals surface area contributed by atoms with E-state index < -0.39 is 37.2 Å². The summed E-state index contributed by atoms with van der Waals surface area (Å²) in [6.45, 7) is -0.215. The summed E-state index contributed by atoms with van der Waals surface area (Å²) in [5.41, 5.74) is 0. The quantitative estimate of drug-likeness (QED) is 0.603. The van der Waals surface area contributed by atoms with Crippen molar-refractivity contribution < 1.29 is 26.4 Å². The van der Waals surface area contributed by atoms with Crippen molar-refractivity contribution in [2.75, 3.05) is 33.5 Å². The molecule has 1 N–H and O–H groups in total. The van der Waals surface area contributed by atoms with Crippen LogP contribution in [0.2, 0.25) is 0 Å². The highest BCUT2D eigenvalue weighted by atomic mass is 32.2. The van der Waals surface area contributed by atoms with Gasteiger partial charge in [-0.2, -0.15) is 0 Å². The van der Waals surface area contributed by atoms with E-state index in [4.69, 9.17) is 0 Å². The van der Waals surface area contributed by atoms with Crippen molar-refractivity contribution in [1.82, 2.24) is 9.03 Å². The molecule has 1 aliphatic rings. The molecule has 0 amide bonds. The molecule has 2 unspecified atom stereocenters. The van der Waals surface area contributed by atoms with Crippen molar-refractivity contribution in [2.24, 2.45) is 5.92 Å². The van der Waals surface area contributed by atoms with Crippen LogP contribution < -0.4 is 4.72 Å². The molecule has 0 spiro atoms. The molecule has 8 nitrogen and oxygen atoms in total. The Morgan fingerprint density at radius 1 is 1.24 bits per heavy atom. The summed E-state index contributed by atoms with van der Waals surface area (Å²) >= 11 is 0. The molecule has 2 atom stereocenters. The van der Waals surface area contributed by atoms with Gasteiger partial charge in [0.25, 0.3) is 0 Å². The van der Waals surface area contributed by atoms with E-state index in [0.29, 0.717) is 19.3 Å². The van der Waals surface area contributed by atoms with Crippen molar-refractivity contribution in [3.8, 4) is 0 Å². The van der Waals surface area contributed by atoms with E-state index >= 15 is 0 Å². The minimum atomic E-state index is -3.75. The minimum Gasteiger partial charge on any atom is -0.469 e. The lowest BCUT2D eigenvalue weighted by atomic mass is 10.1. The fraction of sp³-hybridized carbons (Fsp3) is 0.909. The molecule has 21 heavy (non-hydrogen) atoms. The molecule has 1 aliphatic carbocycles. The van der Waals surface area contributed by atoms with E-state index in [-0.39, 0.29) is 12.3 Å². The van der Waals surface area contributed by atoms with Crippen molar-refractivity contribution >= 4 is 26.0 Å². The summed E-state index contributed by atoms with van der Waals surface area (Å²) in [5, 5.41) is -0.855. The van der Waals surface area contributed by atoms with Crippen molar-refractivity contribution in [2.45, 2.75) is 24.5 Å². The average molecular weight is 342 g/mol. The van der Waals surface area contributed by atoms with Gasteiger partial charge in [0.05, 0.1) is 24.0 Å². The zero-order valence-electron chi connectivity index (χ0n) is 12.4. The van der Waals surface area contributed by atoms with Crippen LogP contribution in [0.1, 0.15) is 19.3 Å². The Kier molecular flexibility index (Phi) is 6.14. The number of methoxy groups -OCH3 is 1. The summed E-state index contributed by atoms with van der Waals surface area (Å²) in [6, 6.07) is 0. The molecule has 124 valence electrons. The molecule has 0 aliphatic heterocycles. The van der Waals surface area contributed by atoms with Crippen LogP contribution in [-0.4, -0.2) is 65.9 Å². The summed E-state index contributed by atoms with van der Waals surface area (Å²) in [7, 11) is -3.22. The van der Waals surface area contributed by atoms with Crippen LogP contribution in [0.15, 0.2) is 0 Å². The molecule has 0 saturated heterocycles. The first-order valence-electron chi connectivity index (χ1n) is 6.58. The highest BCUT2D eigenvalue weighted by Crippen LogP contribution is 2.31. The van der Waals surface area contributed by atoms with Crippen LogP contribution in [0.3, 0.4) is 0 Å². The monoisotopic (exact) mass is 342 g/mol. The van der Waals surface area contributed by atoms with Crippen molar-refractivity contribution in [3.05, 3.63) is 0 Å². The van der Waals surface area contributed by atoms with Gasteiger partial charge < -0.3 is 4.74 Å². The van der Waals surface area contributed by atoms with E-state index in [2.05, 4.69) is 9.46 Å². The maximum atomic E-state index is 12.2. The third-order valence-corrected chi connectivity index (χ3v) is 7.38. The van der Waals surface area contributed by atoms with Crippen LogP contribution in [0.5, 0.6) is 0 Å². The fourth-order valence-corrected chi connectivity index (χ4v) is 4.93. The smallest absolute Gasteiger partial charge is 0.310 e. The minimum absolute atomic E-state index is 0.215. The molecule has 0 bridgehead atoms. The number of sulfonamides is 2. The topological polar surface area (TPSA) is 110 Å². The lowest BCUT2D eigenvalue weighted by Crippen LogP contribution is -2.42. The van der Waals surface area contributed by atoms with Gasteiger partial charge in [-0.15, -0.1) is 0 Å². The number of hydrogen-bond donors (Lipinski definition) is 1. The lowest BCUT2D eigenvalue weighted by Gasteiger charge is -2.19. The second kappa shape index (κ2) is 7.03. The first-order valence-corrected chi connectivity index (χ1v) is 9.74. The van der Waals surface area contributed by atoms with Gasteiger partial charge in [0.15, 0.2) is 0 Å². The molecular formula is C11H22N2O6S2. The van der Waals surface area contributed by atoms with Gasteiger partial charge in [-0.05, 0) is 12.8 Å². The Morgan fingerprint density at radius 2 is 1.86 bits per heavy atom. The molecule has 0 aromatic rings. The van der Waals surface area contributed by atoms with Gasteiger partial charge in [0, 0.05) is 20.6 Å². The van der Waals surface area contributed by atoms with Crippen LogP contribution in [0.4, 0.5) is 0 Å². The van der Waals surface area contributed by atoms with E-state index in [1.807, 2.05) is 0 Å². The maximum Gasteiger partial charge on any atom is 0.310 e. The number of nitrogens with one attached hydrogen (secondary N) is 1. The first kappa shape index (κ1) is 18.3. The Morgan fingerprint density at radius 3 is 2.38 bits per heavy atom. The number of rotatable bonds is 7. The second-order valence-electron chi connectivity index (χ2n) is 5.14. The Labute approximate surface area is 125 Å². The number of carbonyl (C=O) groups is 1. The number of hydrogen-bond acceptors (Lipinski definition) is 6. The van der Waals surface area contributed by atoms with Gasteiger partial charge in [-0.1, -0.05) is 6.42 Å². The van der Waals surface area contributed by atoms with E-state index in [1.165, 1.54) is 21.2 Å². The lowest BCUT2D eigenvalue weighted by molar-refractivity contribution is -0.145. The van der Waals surface area contributed by atoms with Gasteiger partial charge in [0.2, 0.25) is 20.0 Å². The molecule has 10 heteroatoms. The SMILES string of the molecule is COC(=O)C1CCCC1S(=O)(=O)NCCS(=O)(=O)N(C)C. The van der Waals surface area contributed by atoms with E-state index in [9.17, 15) is 21.6 Å². The molecule has 0 heterocycles. The summed E-state index contributed by atoms with van der Waals surface area (Å²) in [5.74, 6) is -1.55. The molecule has 0 aromatic carbocycles. The fourth-order valence-electron chi connectivity index (χ4n) is 2.32. The van der Waals surface area contributed by atoms with Crippen LogP contribution in [-0.2, 0) is 29.6 Å². The second-order valence-corrected chi connectivity index (χ2v) is 9.42. The molecular weight excluding hydrogens is 320 g/mol. The molecule has 0 aromatic heterocycles. The van der Waals surface area contributed by atoms with Gasteiger partial charge >= 0.3 is 5.97 Å². The zero-order valence-corrected chi connectivity index (χ0v) is 14.0. The third kappa shape index (κ3) is 4.63. The highest BCUT2D eigenvalue weighted by Gasteiger charge is 2.42. The Hall–Kier alpha value is -0.710. The number of ether oxygens (including phenoxy) is 1. The molecule has 1 fully saturated rings. The third-order valence-electron chi connectivity index (χ3n) is 3.57. The summed E-state index contributed by atoms with van der Waals surface area (Å²) < 4.78 is 55.5. The zero-order chi connectivity index (χ0) is 16.3. The van der Waals surface area contributed by atoms with E-state index in [0.717, 1.165) is 4.31 Å². The molecule has 1 saturated carbocycles. The number of nitrogens with zero attached hydrogens (tertiary/aromatic N) is 1. The van der Waals surface area contributed by atoms with Crippen LogP contribution >= 0.6 is 0 Å². The van der Waals surface area contributed by atoms with Crippen molar-refractivity contribution in [3.63, 3.8) is 0 Å². The van der Waals surface area contributed by atoms with E-state index in [1.54, 1.807) is 0 Å². The van der Waals surface area contributed by atoms with Gasteiger partial charge in [-0.3, -0.25) is 4.79 Å². The van der Waals surface area contributed by atoms with Crippen molar-refractivity contribution in [1.29, 1.82) is 0 Å².